The molecule has 1 heterocycles. The molecule has 0 bridgehead atoms. The highest BCUT2D eigenvalue weighted by Crippen LogP contribution is 2.20. The van der Waals surface area contributed by atoms with Crippen molar-refractivity contribution in [2.24, 2.45) is 11.7 Å². The van der Waals surface area contributed by atoms with Crippen molar-refractivity contribution in [1.29, 1.82) is 0 Å². The van der Waals surface area contributed by atoms with E-state index in [4.69, 9.17) is 5.73 Å². The topological polar surface area (TPSA) is 46.3 Å². The summed E-state index contributed by atoms with van der Waals surface area (Å²) in [6.07, 6.45) is 2.21. The number of carbonyl (C=O) groups excluding carboxylic acids is 1. The maximum atomic E-state index is 12.5. The average Bonchev–Trinajstić information content (AvgIpc) is 2.41. The number of rotatable bonds is 2. The fraction of sp³-hybridized carbons (Fsp3) is 0.533. The van der Waals surface area contributed by atoms with Gasteiger partial charge in [-0.15, -0.1) is 0 Å². The van der Waals surface area contributed by atoms with Gasteiger partial charge >= 0.3 is 0 Å². The zero-order valence-electron chi connectivity index (χ0n) is 11.3. The zero-order chi connectivity index (χ0) is 13.1. The third-order valence-corrected chi connectivity index (χ3v) is 3.76. The Balaban J connectivity index is 2.17. The van der Waals surface area contributed by atoms with Crippen molar-refractivity contribution in [2.75, 3.05) is 19.6 Å². The molecule has 1 aliphatic rings. The highest BCUT2D eigenvalue weighted by molar-refractivity contribution is 5.95. The smallest absolute Gasteiger partial charge is 0.254 e. The van der Waals surface area contributed by atoms with E-state index >= 15 is 0 Å². The standard InChI is InChI=1S/C15H22N2O/c1-11-5-6-12(2)14(8-11)15(18)17-7-3-4-13(9-16)10-17/h5-6,8,13H,3-4,7,9-10,16H2,1-2H3. The predicted molar refractivity (Wildman–Crippen MR) is 73.6 cm³/mol. The van der Waals surface area contributed by atoms with Gasteiger partial charge in [-0.2, -0.15) is 0 Å². The summed E-state index contributed by atoms with van der Waals surface area (Å²) in [6, 6.07) is 6.06. The van der Waals surface area contributed by atoms with Gasteiger partial charge in [0.2, 0.25) is 0 Å². The second-order valence-corrected chi connectivity index (χ2v) is 5.31. The fourth-order valence-corrected chi connectivity index (χ4v) is 2.58. The molecule has 1 saturated heterocycles. The molecule has 2 N–H and O–H groups in total. The molecule has 0 saturated carbocycles. The van der Waals surface area contributed by atoms with Gasteiger partial charge in [0.15, 0.2) is 0 Å². The molecule has 18 heavy (non-hydrogen) atoms. The molecule has 2 rings (SSSR count). The number of likely N-dealkylation sites (tertiary alicyclic amines) is 1. The number of benzene rings is 1. The van der Waals surface area contributed by atoms with E-state index < -0.39 is 0 Å². The molecule has 1 fully saturated rings. The predicted octanol–water partition coefficient (Wildman–Crippen LogP) is 2.11. The number of hydrogen-bond acceptors (Lipinski definition) is 2. The number of nitrogens with two attached hydrogens (primary N) is 1. The van der Waals surface area contributed by atoms with Crippen molar-refractivity contribution in [3.8, 4) is 0 Å². The van der Waals surface area contributed by atoms with Gasteiger partial charge in [-0.3, -0.25) is 4.79 Å². The van der Waals surface area contributed by atoms with E-state index in [1.54, 1.807) is 0 Å². The average molecular weight is 246 g/mol. The van der Waals surface area contributed by atoms with Crippen LogP contribution in [0.25, 0.3) is 0 Å². The Morgan fingerprint density at radius 3 is 2.94 bits per heavy atom. The monoisotopic (exact) mass is 246 g/mol. The van der Waals surface area contributed by atoms with E-state index in [2.05, 4.69) is 0 Å². The summed E-state index contributed by atoms with van der Waals surface area (Å²) in [7, 11) is 0. The van der Waals surface area contributed by atoms with Crippen molar-refractivity contribution < 1.29 is 4.79 Å². The van der Waals surface area contributed by atoms with E-state index in [9.17, 15) is 4.79 Å². The first-order valence-electron chi connectivity index (χ1n) is 6.68. The molecule has 1 unspecified atom stereocenters. The minimum absolute atomic E-state index is 0.161. The maximum Gasteiger partial charge on any atom is 0.254 e. The summed E-state index contributed by atoms with van der Waals surface area (Å²) < 4.78 is 0. The normalized spacial score (nSPS) is 19.9. The van der Waals surface area contributed by atoms with Crippen molar-refractivity contribution in [3.63, 3.8) is 0 Å². The van der Waals surface area contributed by atoms with Crippen LogP contribution >= 0.6 is 0 Å². The molecule has 3 nitrogen and oxygen atoms in total. The number of aryl methyl sites for hydroxylation is 2. The third kappa shape index (κ3) is 2.72. The molecule has 3 heteroatoms. The lowest BCUT2D eigenvalue weighted by Gasteiger charge is -2.32. The van der Waals surface area contributed by atoms with Crippen LogP contribution in [0.1, 0.15) is 34.3 Å². The van der Waals surface area contributed by atoms with Crippen molar-refractivity contribution >= 4 is 5.91 Å². The minimum Gasteiger partial charge on any atom is -0.338 e. The molecule has 0 aliphatic carbocycles. The molecule has 1 aromatic rings. The molecular weight excluding hydrogens is 224 g/mol. The van der Waals surface area contributed by atoms with Crippen LogP contribution in [0.15, 0.2) is 18.2 Å². The highest BCUT2D eigenvalue weighted by atomic mass is 16.2. The first-order chi connectivity index (χ1) is 8.61. The molecule has 0 spiro atoms. The van der Waals surface area contributed by atoms with Gasteiger partial charge in [0.1, 0.15) is 0 Å². The molecule has 0 radical (unpaired) electrons. The van der Waals surface area contributed by atoms with Crippen LogP contribution in [-0.2, 0) is 0 Å². The number of nitrogens with zero attached hydrogens (tertiary/aromatic N) is 1. The Kier molecular flexibility index (Phi) is 4.02. The lowest BCUT2D eigenvalue weighted by atomic mass is 9.96. The SMILES string of the molecule is Cc1ccc(C)c(C(=O)N2CCCC(CN)C2)c1. The van der Waals surface area contributed by atoms with Crippen molar-refractivity contribution in [2.45, 2.75) is 26.7 Å². The third-order valence-electron chi connectivity index (χ3n) is 3.76. The van der Waals surface area contributed by atoms with Gasteiger partial charge in [0.25, 0.3) is 5.91 Å². The molecule has 1 aliphatic heterocycles. The Morgan fingerprint density at radius 2 is 2.22 bits per heavy atom. The molecular formula is C15H22N2O. The van der Waals surface area contributed by atoms with E-state index in [0.29, 0.717) is 12.5 Å². The Morgan fingerprint density at radius 1 is 1.44 bits per heavy atom. The van der Waals surface area contributed by atoms with E-state index in [-0.39, 0.29) is 5.91 Å². The van der Waals surface area contributed by atoms with Crippen LogP contribution in [0, 0.1) is 19.8 Å². The molecule has 98 valence electrons. The van der Waals surface area contributed by atoms with E-state index in [1.165, 1.54) is 0 Å². The van der Waals surface area contributed by atoms with E-state index in [0.717, 1.165) is 42.6 Å². The first kappa shape index (κ1) is 13.1. The van der Waals surface area contributed by atoms with Crippen LogP contribution in [0.2, 0.25) is 0 Å². The second-order valence-electron chi connectivity index (χ2n) is 5.31. The Labute approximate surface area is 109 Å². The van der Waals surface area contributed by atoms with Crippen LogP contribution < -0.4 is 5.73 Å². The first-order valence-corrected chi connectivity index (χ1v) is 6.68. The van der Waals surface area contributed by atoms with Gasteiger partial charge in [-0.1, -0.05) is 17.7 Å². The van der Waals surface area contributed by atoms with Gasteiger partial charge in [-0.05, 0) is 50.8 Å². The van der Waals surface area contributed by atoms with Gasteiger partial charge in [0.05, 0.1) is 0 Å². The summed E-state index contributed by atoms with van der Waals surface area (Å²) in [5.41, 5.74) is 8.75. The maximum absolute atomic E-state index is 12.5. The largest absolute Gasteiger partial charge is 0.338 e. The number of carbonyl (C=O) groups is 1. The van der Waals surface area contributed by atoms with Crippen LogP contribution in [0.5, 0.6) is 0 Å². The lowest BCUT2D eigenvalue weighted by molar-refractivity contribution is 0.0677. The number of piperidine rings is 1. The van der Waals surface area contributed by atoms with Gasteiger partial charge < -0.3 is 10.6 Å². The molecule has 1 aromatic carbocycles. The van der Waals surface area contributed by atoms with Crippen LogP contribution in [-0.4, -0.2) is 30.4 Å². The zero-order valence-corrected chi connectivity index (χ0v) is 11.3. The van der Waals surface area contributed by atoms with Crippen LogP contribution in [0.3, 0.4) is 0 Å². The lowest BCUT2D eigenvalue weighted by Crippen LogP contribution is -2.42. The van der Waals surface area contributed by atoms with Crippen molar-refractivity contribution in [1.82, 2.24) is 4.90 Å². The van der Waals surface area contributed by atoms with Crippen molar-refractivity contribution in [3.05, 3.63) is 34.9 Å². The Hall–Kier alpha value is -1.35. The van der Waals surface area contributed by atoms with Gasteiger partial charge in [0, 0.05) is 18.7 Å². The summed E-state index contributed by atoms with van der Waals surface area (Å²) in [5, 5.41) is 0. The minimum atomic E-state index is 0.161. The quantitative estimate of drug-likeness (QED) is 0.868. The summed E-state index contributed by atoms with van der Waals surface area (Å²) in [6.45, 7) is 6.37. The number of hydrogen-bond donors (Lipinski definition) is 1. The Bertz CT molecular complexity index is 442. The fourth-order valence-electron chi connectivity index (χ4n) is 2.58. The molecule has 1 atom stereocenters. The molecule has 0 aromatic heterocycles. The second kappa shape index (κ2) is 5.53. The van der Waals surface area contributed by atoms with Crippen LogP contribution in [0.4, 0.5) is 0 Å². The highest BCUT2D eigenvalue weighted by Gasteiger charge is 2.24. The number of amides is 1. The summed E-state index contributed by atoms with van der Waals surface area (Å²) >= 11 is 0. The van der Waals surface area contributed by atoms with E-state index in [1.807, 2.05) is 36.9 Å². The summed E-state index contributed by atoms with van der Waals surface area (Å²) in [4.78, 5) is 14.5. The molecule has 1 amide bonds. The van der Waals surface area contributed by atoms with Gasteiger partial charge in [-0.25, -0.2) is 0 Å². The summed E-state index contributed by atoms with van der Waals surface area (Å²) in [5.74, 6) is 0.627.